The van der Waals surface area contributed by atoms with E-state index in [0.29, 0.717) is 0 Å². The summed E-state index contributed by atoms with van der Waals surface area (Å²) in [7, 11) is 0. The van der Waals surface area contributed by atoms with Crippen LogP contribution in [0.1, 0.15) is 98.3 Å². The molecule has 2 heteroatoms. The van der Waals surface area contributed by atoms with Gasteiger partial charge in [0.2, 0.25) is 0 Å². The molecule has 0 heterocycles. The number of hydrogen-bond donors (Lipinski definition) is 0. The molecule has 0 amide bonds. The lowest BCUT2D eigenvalue weighted by molar-refractivity contribution is -0.925. The third kappa shape index (κ3) is 12.6. The fourth-order valence-corrected chi connectivity index (χ4v) is 3.25. The maximum atomic E-state index is 2.40. The first-order valence-electron chi connectivity index (χ1n) is 9.59. The Kier molecular flexibility index (Phi) is 19.0. The normalized spacial score (nSPS) is 11.4. The van der Waals surface area contributed by atoms with Gasteiger partial charge in [-0.1, -0.05) is 58.8 Å². The van der Waals surface area contributed by atoms with Gasteiger partial charge in [0.25, 0.3) is 0 Å². The number of rotatable bonds is 15. The number of quaternary nitrogens is 1. The molecule has 0 aliphatic rings. The highest BCUT2D eigenvalue weighted by atomic mass is 79.9. The Balaban J connectivity index is 0. The Bertz CT molecular complexity index is 190. The molecule has 0 aromatic rings. The monoisotopic (exact) mass is 363 g/mol. The number of nitrogens with zero attached hydrogens (tertiary/aromatic N) is 1. The van der Waals surface area contributed by atoms with Gasteiger partial charge in [-0.05, 0) is 39.5 Å². The van der Waals surface area contributed by atoms with Gasteiger partial charge < -0.3 is 21.5 Å². The summed E-state index contributed by atoms with van der Waals surface area (Å²) in [5.41, 5.74) is 0. The molecular formula is C19H42BrN. The van der Waals surface area contributed by atoms with E-state index in [4.69, 9.17) is 0 Å². The largest absolute Gasteiger partial charge is 1.00 e. The molecule has 0 spiro atoms. The van der Waals surface area contributed by atoms with Crippen LogP contribution < -0.4 is 17.0 Å². The molecular weight excluding hydrogens is 322 g/mol. The quantitative estimate of drug-likeness (QED) is 0.309. The first-order valence-corrected chi connectivity index (χ1v) is 9.59. The minimum Gasteiger partial charge on any atom is -1.00 e. The summed E-state index contributed by atoms with van der Waals surface area (Å²) >= 11 is 0. The van der Waals surface area contributed by atoms with Crippen molar-refractivity contribution in [1.82, 2.24) is 0 Å². The predicted octanol–water partition coefficient (Wildman–Crippen LogP) is 3.18. The van der Waals surface area contributed by atoms with E-state index in [-0.39, 0.29) is 17.0 Å². The van der Waals surface area contributed by atoms with Crippen molar-refractivity contribution < 1.29 is 21.5 Å². The van der Waals surface area contributed by atoms with Crippen LogP contribution >= 0.6 is 0 Å². The maximum Gasteiger partial charge on any atom is 0.0786 e. The van der Waals surface area contributed by atoms with Crippen molar-refractivity contribution in [3.05, 3.63) is 0 Å². The van der Waals surface area contributed by atoms with Gasteiger partial charge in [0, 0.05) is 0 Å². The van der Waals surface area contributed by atoms with Crippen LogP contribution in [0.4, 0.5) is 0 Å². The molecule has 0 unspecified atom stereocenters. The van der Waals surface area contributed by atoms with Crippen LogP contribution in [0.2, 0.25) is 0 Å². The summed E-state index contributed by atoms with van der Waals surface area (Å²) in [6.07, 6.45) is 15.7. The minimum absolute atomic E-state index is 0. The summed E-state index contributed by atoms with van der Waals surface area (Å²) in [6, 6.07) is 0. The molecule has 0 fully saturated rings. The lowest BCUT2D eigenvalue weighted by Gasteiger charge is -2.37. The Hall–Kier alpha value is 0.440. The maximum absolute atomic E-state index is 2.40. The molecule has 1 nitrogen and oxygen atoms in total. The third-order valence-electron chi connectivity index (χ3n) is 5.06. The van der Waals surface area contributed by atoms with Crippen LogP contribution in [-0.4, -0.2) is 30.7 Å². The summed E-state index contributed by atoms with van der Waals surface area (Å²) in [6.45, 7) is 14.9. The van der Waals surface area contributed by atoms with E-state index < -0.39 is 0 Å². The average Bonchev–Trinajstić information content (AvgIpc) is 2.48. The zero-order valence-electron chi connectivity index (χ0n) is 15.4. The van der Waals surface area contributed by atoms with Gasteiger partial charge in [0.15, 0.2) is 0 Å². The van der Waals surface area contributed by atoms with Crippen molar-refractivity contribution in [3.63, 3.8) is 0 Å². The highest BCUT2D eigenvalue weighted by Gasteiger charge is 2.21. The second kappa shape index (κ2) is 16.8. The second-order valence-corrected chi connectivity index (χ2v) is 6.60. The van der Waals surface area contributed by atoms with Gasteiger partial charge in [-0.15, -0.1) is 0 Å². The van der Waals surface area contributed by atoms with Crippen molar-refractivity contribution in [2.75, 3.05) is 26.2 Å². The molecule has 0 saturated carbocycles. The van der Waals surface area contributed by atoms with E-state index in [0.717, 1.165) is 0 Å². The van der Waals surface area contributed by atoms with Crippen LogP contribution in [0.5, 0.6) is 0 Å². The lowest BCUT2D eigenvalue weighted by atomic mass is 10.1. The topological polar surface area (TPSA) is 0 Å². The summed E-state index contributed by atoms with van der Waals surface area (Å²) in [5.74, 6) is 0. The molecule has 0 atom stereocenters. The van der Waals surface area contributed by atoms with Gasteiger partial charge in [-0.25, -0.2) is 0 Å². The van der Waals surface area contributed by atoms with Crippen molar-refractivity contribution >= 4 is 0 Å². The Labute approximate surface area is 146 Å². The van der Waals surface area contributed by atoms with Gasteiger partial charge >= 0.3 is 0 Å². The van der Waals surface area contributed by atoms with Crippen molar-refractivity contribution in [1.29, 1.82) is 0 Å². The summed E-state index contributed by atoms with van der Waals surface area (Å²) in [4.78, 5) is 0. The van der Waals surface area contributed by atoms with E-state index in [1.165, 1.54) is 101 Å². The van der Waals surface area contributed by atoms with Crippen LogP contribution in [0.25, 0.3) is 0 Å². The van der Waals surface area contributed by atoms with E-state index in [1.807, 2.05) is 0 Å². The van der Waals surface area contributed by atoms with E-state index >= 15 is 0 Å². The Morgan fingerprint density at radius 1 is 0.476 bits per heavy atom. The molecule has 0 N–H and O–H groups in total. The highest BCUT2D eigenvalue weighted by Crippen LogP contribution is 2.15. The van der Waals surface area contributed by atoms with Crippen molar-refractivity contribution in [3.8, 4) is 0 Å². The molecule has 0 aromatic heterocycles. The van der Waals surface area contributed by atoms with Crippen LogP contribution in [0, 0.1) is 0 Å². The third-order valence-corrected chi connectivity index (χ3v) is 5.06. The van der Waals surface area contributed by atoms with E-state index in [1.54, 1.807) is 0 Å². The van der Waals surface area contributed by atoms with Gasteiger partial charge in [-0.3, -0.25) is 0 Å². The Morgan fingerprint density at radius 2 is 0.810 bits per heavy atom. The zero-order chi connectivity index (χ0) is 15.1. The summed E-state index contributed by atoms with van der Waals surface area (Å²) < 4.78 is 1.37. The number of halogens is 1. The zero-order valence-corrected chi connectivity index (χ0v) is 17.0. The van der Waals surface area contributed by atoms with E-state index in [9.17, 15) is 0 Å². The molecule has 0 saturated heterocycles. The fraction of sp³-hybridized carbons (Fsp3) is 1.00. The van der Waals surface area contributed by atoms with E-state index in [2.05, 4.69) is 27.7 Å². The molecule has 0 rings (SSSR count). The van der Waals surface area contributed by atoms with Crippen LogP contribution in [0.3, 0.4) is 0 Å². The number of unbranched alkanes of at least 4 members (excludes halogenated alkanes) is 9. The molecule has 0 radical (unpaired) electrons. The van der Waals surface area contributed by atoms with Crippen LogP contribution in [-0.2, 0) is 0 Å². The smallest absolute Gasteiger partial charge is 0.0786 e. The standard InChI is InChI=1S/C19H42N.BrH/c1-5-9-11-13-15-17-19-20(7-3,8-4)18-16-14-12-10-6-2;/h5-19H2,1-4H3;1H/q+1;/p-1. The summed E-state index contributed by atoms with van der Waals surface area (Å²) in [5, 5.41) is 0. The van der Waals surface area contributed by atoms with Crippen LogP contribution in [0.15, 0.2) is 0 Å². The molecule has 130 valence electrons. The first kappa shape index (κ1) is 23.7. The molecule has 0 aliphatic carbocycles. The van der Waals surface area contributed by atoms with Gasteiger partial charge in [0.05, 0.1) is 26.2 Å². The lowest BCUT2D eigenvalue weighted by Crippen LogP contribution is -3.00. The predicted molar refractivity (Wildman–Crippen MR) is 93.2 cm³/mol. The van der Waals surface area contributed by atoms with Crippen molar-refractivity contribution in [2.45, 2.75) is 98.3 Å². The highest BCUT2D eigenvalue weighted by molar-refractivity contribution is 4.49. The molecule has 0 aromatic carbocycles. The van der Waals surface area contributed by atoms with Gasteiger partial charge in [0.1, 0.15) is 0 Å². The average molecular weight is 364 g/mol. The van der Waals surface area contributed by atoms with Gasteiger partial charge in [-0.2, -0.15) is 0 Å². The molecule has 0 aliphatic heterocycles. The van der Waals surface area contributed by atoms with Crippen molar-refractivity contribution in [2.24, 2.45) is 0 Å². The second-order valence-electron chi connectivity index (χ2n) is 6.60. The first-order chi connectivity index (χ1) is 9.74. The minimum atomic E-state index is 0. The SMILES string of the molecule is CCCCCCCC[N+](CC)(CC)CCCCCCC.[Br-]. The number of hydrogen-bond acceptors (Lipinski definition) is 0. The molecule has 0 bridgehead atoms. The molecule has 21 heavy (non-hydrogen) atoms. The Morgan fingerprint density at radius 3 is 1.14 bits per heavy atom. The fourth-order valence-electron chi connectivity index (χ4n) is 3.25.